The lowest BCUT2D eigenvalue weighted by Gasteiger charge is -2.20. The minimum atomic E-state index is -2.75. The molecule has 6 heteroatoms. The zero-order valence-electron chi connectivity index (χ0n) is 9.84. The van der Waals surface area contributed by atoms with Crippen molar-refractivity contribution in [2.45, 2.75) is 31.9 Å². The van der Waals surface area contributed by atoms with Gasteiger partial charge in [0.15, 0.2) is 0 Å². The second-order valence-corrected chi connectivity index (χ2v) is 4.78. The first kappa shape index (κ1) is 15.6. The van der Waals surface area contributed by atoms with Gasteiger partial charge in [0.05, 0.1) is 0 Å². The van der Waals surface area contributed by atoms with Crippen LogP contribution in [0.15, 0.2) is 18.2 Å². The van der Waals surface area contributed by atoms with Gasteiger partial charge in [0.25, 0.3) is 6.43 Å². The van der Waals surface area contributed by atoms with E-state index in [-0.39, 0.29) is 12.6 Å². The van der Waals surface area contributed by atoms with Crippen LogP contribution in [0, 0.1) is 0 Å². The van der Waals surface area contributed by atoms with Crippen LogP contribution < -0.4 is 5.32 Å². The van der Waals surface area contributed by atoms with Gasteiger partial charge in [-0.3, -0.25) is 0 Å². The molecule has 0 aliphatic carbocycles. The number of hydrogen-bond acceptors (Lipinski definition) is 2. The average Bonchev–Trinajstić information content (AvgIpc) is 2.31. The Morgan fingerprint density at radius 1 is 1.33 bits per heavy atom. The van der Waals surface area contributed by atoms with Crippen LogP contribution in [-0.2, 0) is 0 Å². The van der Waals surface area contributed by atoms with E-state index < -0.39 is 12.5 Å². The minimum Gasteiger partial charge on any atom is -0.386 e. The molecule has 2 unspecified atom stereocenters. The molecule has 0 radical (unpaired) electrons. The highest BCUT2D eigenvalue weighted by Crippen LogP contribution is 2.28. The summed E-state index contributed by atoms with van der Waals surface area (Å²) in [5.74, 6) is 0. The number of aliphatic hydroxyl groups excluding tert-OH is 1. The number of hydrogen-bond donors (Lipinski definition) is 2. The maximum absolute atomic E-state index is 12.2. The van der Waals surface area contributed by atoms with Gasteiger partial charge >= 0.3 is 0 Å². The van der Waals surface area contributed by atoms with E-state index in [1.165, 1.54) is 0 Å². The van der Waals surface area contributed by atoms with Crippen molar-refractivity contribution in [1.82, 2.24) is 5.32 Å². The fraction of sp³-hybridized carbons (Fsp3) is 0.500. The second kappa shape index (κ2) is 7.24. The van der Waals surface area contributed by atoms with E-state index in [1.807, 2.05) is 6.92 Å². The summed E-state index contributed by atoms with van der Waals surface area (Å²) in [6, 6.07) is 4.85. The highest BCUT2D eigenvalue weighted by atomic mass is 35.5. The number of alkyl halides is 2. The van der Waals surface area contributed by atoms with Crippen molar-refractivity contribution in [3.8, 4) is 0 Å². The summed E-state index contributed by atoms with van der Waals surface area (Å²) in [5.41, 5.74) is 0.782. The van der Waals surface area contributed by atoms with Crippen molar-refractivity contribution in [2.75, 3.05) is 6.54 Å². The molecule has 1 aromatic carbocycles. The molecule has 2 N–H and O–H groups in total. The molecular formula is C12H15Cl2F2NO. The summed E-state index contributed by atoms with van der Waals surface area (Å²) in [7, 11) is 0. The Kier molecular flexibility index (Phi) is 6.29. The Hall–Kier alpha value is -0.420. The summed E-state index contributed by atoms with van der Waals surface area (Å²) in [5, 5.41) is 12.9. The molecule has 0 heterocycles. The molecule has 0 aromatic heterocycles. The molecule has 1 rings (SSSR count). The molecule has 102 valence electrons. The van der Waals surface area contributed by atoms with Crippen LogP contribution in [0.5, 0.6) is 0 Å². The fourth-order valence-corrected chi connectivity index (χ4v) is 2.15. The lowest BCUT2D eigenvalue weighted by atomic mass is 10.0. The standard InChI is InChI=1S/C12H15Cl2F2NO/c1-2-10(17-6-11(18)12(15)16)8-4-3-7(13)5-9(8)14/h3-5,10-12,17-18H,2,6H2,1H3. The Morgan fingerprint density at radius 2 is 2.00 bits per heavy atom. The van der Waals surface area contributed by atoms with Gasteiger partial charge in [-0.15, -0.1) is 0 Å². The van der Waals surface area contributed by atoms with E-state index in [1.54, 1.807) is 18.2 Å². The van der Waals surface area contributed by atoms with Gasteiger partial charge in [0.1, 0.15) is 6.10 Å². The fourth-order valence-electron chi connectivity index (χ4n) is 1.61. The summed E-state index contributed by atoms with van der Waals surface area (Å²) in [6.07, 6.45) is -3.77. The van der Waals surface area contributed by atoms with Gasteiger partial charge in [-0.05, 0) is 24.1 Å². The maximum Gasteiger partial charge on any atom is 0.265 e. The van der Waals surface area contributed by atoms with E-state index in [9.17, 15) is 8.78 Å². The van der Waals surface area contributed by atoms with Crippen LogP contribution in [0.4, 0.5) is 8.78 Å². The Balaban J connectivity index is 2.71. The molecule has 0 saturated carbocycles. The van der Waals surface area contributed by atoms with Gasteiger partial charge in [-0.1, -0.05) is 36.2 Å². The van der Waals surface area contributed by atoms with E-state index in [2.05, 4.69) is 5.32 Å². The quantitative estimate of drug-likeness (QED) is 0.840. The molecule has 2 nitrogen and oxygen atoms in total. The number of aliphatic hydroxyl groups is 1. The number of halogens is 4. The van der Waals surface area contributed by atoms with Crippen LogP contribution >= 0.6 is 23.2 Å². The molecule has 0 bridgehead atoms. The molecule has 0 amide bonds. The summed E-state index contributed by atoms with van der Waals surface area (Å²) < 4.78 is 24.4. The Labute approximate surface area is 115 Å². The number of rotatable bonds is 6. The van der Waals surface area contributed by atoms with Crippen LogP contribution in [0.25, 0.3) is 0 Å². The molecule has 0 spiro atoms. The molecule has 2 atom stereocenters. The zero-order chi connectivity index (χ0) is 13.7. The van der Waals surface area contributed by atoms with Crippen molar-refractivity contribution in [1.29, 1.82) is 0 Å². The van der Waals surface area contributed by atoms with Crippen LogP contribution in [0.2, 0.25) is 10.0 Å². The van der Waals surface area contributed by atoms with E-state index >= 15 is 0 Å². The van der Waals surface area contributed by atoms with Crippen molar-refractivity contribution in [2.24, 2.45) is 0 Å². The first-order chi connectivity index (χ1) is 8.45. The molecule has 1 aromatic rings. The van der Waals surface area contributed by atoms with Crippen LogP contribution in [-0.4, -0.2) is 24.2 Å². The van der Waals surface area contributed by atoms with Gasteiger partial charge in [0, 0.05) is 22.6 Å². The largest absolute Gasteiger partial charge is 0.386 e. The van der Waals surface area contributed by atoms with Crippen molar-refractivity contribution < 1.29 is 13.9 Å². The maximum atomic E-state index is 12.2. The smallest absolute Gasteiger partial charge is 0.265 e. The Morgan fingerprint density at radius 3 is 2.50 bits per heavy atom. The molecule has 0 saturated heterocycles. The second-order valence-electron chi connectivity index (χ2n) is 3.94. The average molecular weight is 298 g/mol. The first-order valence-electron chi connectivity index (χ1n) is 5.60. The highest BCUT2D eigenvalue weighted by molar-refractivity contribution is 6.35. The Bertz CT molecular complexity index is 390. The predicted octanol–water partition coefficient (Wildman–Crippen LogP) is 3.66. The first-order valence-corrected chi connectivity index (χ1v) is 6.35. The summed E-state index contributed by atoms with van der Waals surface area (Å²) in [4.78, 5) is 0. The predicted molar refractivity (Wildman–Crippen MR) is 69.5 cm³/mol. The van der Waals surface area contributed by atoms with Gasteiger partial charge < -0.3 is 10.4 Å². The molecule has 18 heavy (non-hydrogen) atoms. The number of nitrogens with one attached hydrogen (secondary N) is 1. The lowest BCUT2D eigenvalue weighted by molar-refractivity contribution is -0.00471. The van der Waals surface area contributed by atoms with Crippen molar-refractivity contribution in [3.63, 3.8) is 0 Å². The van der Waals surface area contributed by atoms with Gasteiger partial charge in [0.2, 0.25) is 0 Å². The van der Waals surface area contributed by atoms with Gasteiger partial charge in [-0.25, -0.2) is 8.78 Å². The number of benzene rings is 1. The molecule has 0 fully saturated rings. The van der Waals surface area contributed by atoms with E-state index in [0.29, 0.717) is 16.5 Å². The lowest BCUT2D eigenvalue weighted by Crippen LogP contribution is -2.34. The summed E-state index contributed by atoms with van der Waals surface area (Å²) >= 11 is 11.8. The SMILES string of the molecule is CCC(NCC(O)C(F)F)c1ccc(Cl)cc1Cl. The van der Waals surface area contributed by atoms with Crippen LogP contribution in [0.3, 0.4) is 0 Å². The van der Waals surface area contributed by atoms with E-state index in [4.69, 9.17) is 28.3 Å². The van der Waals surface area contributed by atoms with Crippen molar-refractivity contribution in [3.05, 3.63) is 33.8 Å². The molecule has 0 aliphatic heterocycles. The normalized spacial score (nSPS) is 14.8. The molecular weight excluding hydrogens is 283 g/mol. The third-order valence-electron chi connectivity index (χ3n) is 2.61. The third-order valence-corrected chi connectivity index (χ3v) is 3.17. The molecule has 0 aliphatic rings. The van der Waals surface area contributed by atoms with Crippen LogP contribution in [0.1, 0.15) is 24.9 Å². The van der Waals surface area contributed by atoms with Crippen molar-refractivity contribution >= 4 is 23.2 Å². The minimum absolute atomic E-state index is 0.185. The van der Waals surface area contributed by atoms with E-state index in [0.717, 1.165) is 5.56 Å². The highest BCUT2D eigenvalue weighted by Gasteiger charge is 2.19. The topological polar surface area (TPSA) is 32.3 Å². The monoisotopic (exact) mass is 297 g/mol. The third kappa shape index (κ3) is 4.35. The summed E-state index contributed by atoms with van der Waals surface area (Å²) in [6.45, 7) is 1.71. The van der Waals surface area contributed by atoms with Gasteiger partial charge in [-0.2, -0.15) is 0 Å². The zero-order valence-corrected chi connectivity index (χ0v) is 11.3.